The van der Waals surface area contributed by atoms with Crippen LogP contribution in [0.1, 0.15) is 20.8 Å². The highest BCUT2D eigenvalue weighted by Gasteiger charge is 2.48. The first-order chi connectivity index (χ1) is 4.67. The van der Waals surface area contributed by atoms with E-state index in [2.05, 4.69) is 13.8 Å². The number of allylic oxidation sites excluding steroid dienone is 1. The Morgan fingerprint density at radius 3 is 2.60 bits per heavy atom. The molecule has 0 amide bonds. The van der Waals surface area contributed by atoms with Gasteiger partial charge in [-0.1, -0.05) is 6.08 Å². The second kappa shape index (κ2) is 2.62. The number of epoxide rings is 1. The normalized spacial score (nSPS) is 28.9. The van der Waals surface area contributed by atoms with E-state index >= 15 is 0 Å². The van der Waals surface area contributed by atoms with Gasteiger partial charge in [0.15, 0.2) is 0 Å². The molecule has 1 heterocycles. The summed E-state index contributed by atoms with van der Waals surface area (Å²) >= 11 is 0. The van der Waals surface area contributed by atoms with E-state index < -0.39 is 0 Å². The molecule has 58 valence electrons. The number of hydrogen-bond donors (Lipinski definition) is 0. The highest BCUT2D eigenvalue weighted by atomic mass is 16.6. The minimum atomic E-state index is 0.0571. The van der Waals surface area contributed by atoms with E-state index in [0.29, 0.717) is 12.7 Å². The minimum Gasteiger partial charge on any atom is -0.499 e. The van der Waals surface area contributed by atoms with Crippen LogP contribution in [0, 0.1) is 0 Å². The van der Waals surface area contributed by atoms with Crippen LogP contribution in [0.4, 0.5) is 0 Å². The molecule has 1 fully saturated rings. The summed E-state index contributed by atoms with van der Waals surface area (Å²) < 4.78 is 10.4. The predicted octanol–water partition coefficient (Wildman–Crippen LogP) is 1.71. The van der Waals surface area contributed by atoms with E-state index in [1.54, 1.807) is 6.26 Å². The standard InChI is InChI=1S/C8H14O2/c1-4-5-9-6-7-8(2,3)10-7/h4-5,7H,6H2,1-3H3. The number of hydrogen-bond acceptors (Lipinski definition) is 2. The third-order valence-corrected chi connectivity index (χ3v) is 1.64. The van der Waals surface area contributed by atoms with Crippen molar-refractivity contribution in [2.75, 3.05) is 6.61 Å². The monoisotopic (exact) mass is 142 g/mol. The smallest absolute Gasteiger partial charge is 0.121 e. The van der Waals surface area contributed by atoms with Gasteiger partial charge in [0.05, 0.1) is 11.9 Å². The maximum atomic E-state index is 5.29. The Balaban J connectivity index is 2.07. The molecule has 1 rings (SSSR count). The molecule has 0 N–H and O–H groups in total. The van der Waals surface area contributed by atoms with Crippen molar-refractivity contribution in [1.82, 2.24) is 0 Å². The summed E-state index contributed by atoms with van der Waals surface area (Å²) in [4.78, 5) is 0. The van der Waals surface area contributed by atoms with Crippen molar-refractivity contribution in [2.24, 2.45) is 0 Å². The molecule has 0 aromatic heterocycles. The summed E-state index contributed by atoms with van der Waals surface area (Å²) in [5.41, 5.74) is 0.0571. The molecule has 1 atom stereocenters. The summed E-state index contributed by atoms with van der Waals surface area (Å²) in [6.45, 7) is 6.74. The van der Waals surface area contributed by atoms with E-state index in [0.717, 1.165) is 0 Å². The van der Waals surface area contributed by atoms with Gasteiger partial charge in [0.1, 0.15) is 12.7 Å². The average molecular weight is 142 g/mol. The zero-order chi connectivity index (χ0) is 7.61. The molecule has 0 aromatic carbocycles. The van der Waals surface area contributed by atoms with Crippen LogP contribution in [0.2, 0.25) is 0 Å². The molecule has 0 radical (unpaired) electrons. The Labute approximate surface area is 61.8 Å². The van der Waals surface area contributed by atoms with Gasteiger partial charge in [0.2, 0.25) is 0 Å². The molecule has 0 bridgehead atoms. The maximum absolute atomic E-state index is 5.29. The van der Waals surface area contributed by atoms with Crippen LogP contribution in [-0.4, -0.2) is 18.3 Å². The van der Waals surface area contributed by atoms with Crippen LogP contribution in [0.3, 0.4) is 0 Å². The molecule has 10 heavy (non-hydrogen) atoms. The summed E-state index contributed by atoms with van der Waals surface area (Å²) in [5.74, 6) is 0. The van der Waals surface area contributed by atoms with E-state index in [9.17, 15) is 0 Å². The molecule has 1 aliphatic rings. The second-order valence-corrected chi connectivity index (χ2v) is 3.01. The molecule has 0 spiro atoms. The highest BCUT2D eigenvalue weighted by molar-refractivity contribution is 4.94. The zero-order valence-electron chi connectivity index (χ0n) is 6.76. The molecule has 1 aliphatic heterocycles. The first kappa shape index (κ1) is 7.61. The van der Waals surface area contributed by atoms with Gasteiger partial charge in [-0.3, -0.25) is 0 Å². The minimum absolute atomic E-state index is 0.0571. The summed E-state index contributed by atoms with van der Waals surface area (Å²) in [6.07, 6.45) is 3.86. The molecule has 1 saturated heterocycles. The quantitative estimate of drug-likeness (QED) is 0.442. The highest BCUT2D eigenvalue weighted by Crippen LogP contribution is 2.35. The van der Waals surface area contributed by atoms with Crippen molar-refractivity contribution in [3.63, 3.8) is 0 Å². The average Bonchev–Trinajstić information content (AvgIpc) is 2.41. The topological polar surface area (TPSA) is 21.8 Å². The summed E-state index contributed by atoms with van der Waals surface area (Å²) in [7, 11) is 0. The van der Waals surface area contributed by atoms with Gasteiger partial charge >= 0.3 is 0 Å². The van der Waals surface area contributed by atoms with E-state index in [1.165, 1.54) is 0 Å². The van der Waals surface area contributed by atoms with Crippen molar-refractivity contribution in [3.05, 3.63) is 12.3 Å². The van der Waals surface area contributed by atoms with Crippen LogP contribution >= 0.6 is 0 Å². The maximum Gasteiger partial charge on any atom is 0.121 e. The molecular formula is C8H14O2. The lowest BCUT2D eigenvalue weighted by atomic mass is 10.1. The third-order valence-electron chi connectivity index (χ3n) is 1.64. The Hall–Kier alpha value is -0.500. The van der Waals surface area contributed by atoms with E-state index in [-0.39, 0.29) is 5.60 Å². The van der Waals surface area contributed by atoms with Crippen molar-refractivity contribution in [3.8, 4) is 0 Å². The fourth-order valence-electron chi connectivity index (χ4n) is 0.807. The molecule has 2 nitrogen and oxygen atoms in total. The van der Waals surface area contributed by atoms with Gasteiger partial charge in [-0.2, -0.15) is 0 Å². The predicted molar refractivity (Wildman–Crippen MR) is 39.7 cm³/mol. The lowest BCUT2D eigenvalue weighted by Crippen LogP contribution is -2.07. The first-order valence-electron chi connectivity index (χ1n) is 3.57. The summed E-state index contributed by atoms with van der Waals surface area (Å²) in [6, 6.07) is 0. The van der Waals surface area contributed by atoms with Gasteiger partial charge in [-0.05, 0) is 20.8 Å². The molecule has 1 unspecified atom stereocenters. The van der Waals surface area contributed by atoms with Gasteiger partial charge < -0.3 is 9.47 Å². The Morgan fingerprint density at radius 1 is 1.60 bits per heavy atom. The molecular weight excluding hydrogens is 128 g/mol. The van der Waals surface area contributed by atoms with E-state index in [1.807, 2.05) is 13.0 Å². The van der Waals surface area contributed by atoms with Crippen molar-refractivity contribution in [2.45, 2.75) is 32.5 Å². The first-order valence-corrected chi connectivity index (χ1v) is 3.57. The molecule has 2 heteroatoms. The van der Waals surface area contributed by atoms with Crippen LogP contribution in [0.15, 0.2) is 12.3 Å². The van der Waals surface area contributed by atoms with Crippen LogP contribution in [-0.2, 0) is 9.47 Å². The Morgan fingerprint density at radius 2 is 2.20 bits per heavy atom. The Bertz CT molecular complexity index is 138. The number of rotatable bonds is 3. The third kappa shape index (κ3) is 1.74. The van der Waals surface area contributed by atoms with Crippen LogP contribution < -0.4 is 0 Å². The second-order valence-electron chi connectivity index (χ2n) is 3.01. The molecule has 0 saturated carbocycles. The lowest BCUT2D eigenvalue weighted by molar-refractivity contribution is 0.210. The zero-order valence-corrected chi connectivity index (χ0v) is 6.76. The number of ether oxygens (including phenoxy) is 2. The largest absolute Gasteiger partial charge is 0.499 e. The molecule has 0 aromatic rings. The lowest BCUT2D eigenvalue weighted by Gasteiger charge is -1.96. The van der Waals surface area contributed by atoms with Crippen molar-refractivity contribution < 1.29 is 9.47 Å². The van der Waals surface area contributed by atoms with Crippen molar-refractivity contribution in [1.29, 1.82) is 0 Å². The van der Waals surface area contributed by atoms with Gasteiger partial charge in [0.25, 0.3) is 0 Å². The van der Waals surface area contributed by atoms with Crippen LogP contribution in [0.5, 0.6) is 0 Å². The summed E-state index contributed by atoms with van der Waals surface area (Å²) in [5, 5.41) is 0. The van der Waals surface area contributed by atoms with Crippen molar-refractivity contribution >= 4 is 0 Å². The van der Waals surface area contributed by atoms with Crippen LogP contribution in [0.25, 0.3) is 0 Å². The van der Waals surface area contributed by atoms with E-state index in [4.69, 9.17) is 9.47 Å². The van der Waals surface area contributed by atoms with Gasteiger partial charge in [-0.15, -0.1) is 0 Å². The Kier molecular flexibility index (Phi) is 2.00. The fraction of sp³-hybridized carbons (Fsp3) is 0.750. The van der Waals surface area contributed by atoms with Gasteiger partial charge in [-0.25, -0.2) is 0 Å². The fourth-order valence-corrected chi connectivity index (χ4v) is 0.807. The van der Waals surface area contributed by atoms with Gasteiger partial charge in [0, 0.05) is 0 Å². The molecule has 0 aliphatic carbocycles. The SMILES string of the molecule is CC=COCC1OC1(C)C.